The lowest BCUT2D eigenvalue weighted by atomic mass is 9.91. The number of aromatic nitrogens is 2. The predicted molar refractivity (Wildman–Crippen MR) is 103 cm³/mol. The second-order valence-electron chi connectivity index (χ2n) is 6.92. The van der Waals surface area contributed by atoms with Gasteiger partial charge in [0.1, 0.15) is 0 Å². The first-order valence-corrected chi connectivity index (χ1v) is 10.3. The number of hydrogen-bond acceptors (Lipinski definition) is 4. The maximum atomic E-state index is 13.1. The second-order valence-corrected chi connectivity index (χ2v) is 8.86. The van der Waals surface area contributed by atoms with E-state index in [9.17, 15) is 23.1 Å². The molecule has 0 unspecified atom stereocenters. The van der Waals surface area contributed by atoms with Gasteiger partial charge < -0.3 is 15.1 Å². The van der Waals surface area contributed by atoms with E-state index in [0.29, 0.717) is 24.0 Å². The Kier molecular flexibility index (Phi) is 4.56. The molecule has 8 nitrogen and oxygen atoms in total. The van der Waals surface area contributed by atoms with E-state index in [4.69, 9.17) is 0 Å². The minimum absolute atomic E-state index is 0.0707. The van der Waals surface area contributed by atoms with Gasteiger partial charge in [-0.05, 0) is 54.7 Å². The van der Waals surface area contributed by atoms with Crippen LogP contribution < -0.4 is 5.69 Å². The van der Waals surface area contributed by atoms with E-state index in [1.807, 2.05) is 6.07 Å². The Hall–Kier alpha value is -2.91. The molecule has 0 aliphatic carbocycles. The van der Waals surface area contributed by atoms with E-state index in [1.54, 1.807) is 18.2 Å². The monoisotopic (exact) mass is 401 g/mol. The van der Waals surface area contributed by atoms with Gasteiger partial charge in [-0.3, -0.25) is 0 Å². The van der Waals surface area contributed by atoms with Crippen LogP contribution in [-0.2, 0) is 10.0 Å². The Morgan fingerprint density at radius 3 is 2.68 bits per heavy atom. The largest absolute Gasteiger partial charge is 0.478 e. The Morgan fingerprint density at radius 2 is 1.89 bits per heavy atom. The molecular weight excluding hydrogens is 382 g/mol. The van der Waals surface area contributed by atoms with Gasteiger partial charge in [0.15, 0.2) is 0 Å². The van der Waals surface area contributed by atoms with Gasteiger partial charge in [0.2, 0.25) is 10.0 Å². The van der Waals surface area contributed by atoms with Crippen LogP contribution in [0.4, 0.5) is 0 Å². The molecule has 0 spiro atoms. The summed E-state index contributed by atoms with van der Waals surface area (Å²) in [7, 11) is -3.73. The maximum absolute atomic E-state index is 13.1. The minimum Gasteiger partial charge on any atom is -0.478 e. The molecule has 2 aromatic carbocycles. The smallest absolute Gasteiger partial charge is 0.335 e. The summed E-state index contributed by atoms with van der Waals surface area (Å²) in [5.41, 5.74) is 1.62. The Bertz CT molecular complexity index is 1210. The van der Waals surface area contributed by atoms with Crippen LogP contribution in [0, 0.1) is 0 Å². The van der Waals surface area contributed by atoms with Crippen LogP contribution >= 0.6 is 0 Å². The van der Waals surface area contributed by atoms with Crippen LogP contribution in [0.1, 0.15) is 34.7 Å². The highest BCUT2D eigenvalue weighted by atomic mass is 32.2. The molecule has 3 aromatic rings. The third-order valence-corrected chi connectivity index (χ3v) is 6.98. The Morgan fingerprint density at radius 1 is 1.11 bits per heavy atom. The highest BCUT2D eigenvalue weighted by Crippen LogP contribution is 2.31. The summed E-state index contributed by atoms with van der Waals surface area (Å²) in [6, 6.07) is 11.2. The van der Waals surface area contributed by atoms with Gasteiger partial charge in [-0.2, -0.15) is 4.31 Å². The van der Waals surface area contributed by atoms with Crippen molar-refractivity contribution in [3.8, 4) is 0 Å². The fourth-order valence-electron chi connectivity index (χ4n) is 3.68. The number of imidazole rings is 1. The zero-order valence-electron chi connectivity index (χ0n) is 14.9. The van der Waals surface area contributed by atoms with E-state index in [0.717, 1.165) is 12.0 Å². The zero-order chi connectivity index (χ0) is 19.9. The van der Waals surface area contributed by atoms with Crippen molar-refractivity contribution < 1.29 is 18.3 Å². The van der Waals surface area contributed by atoms with Crippen LogP contribution in [0.3, 0.4) is 0 Å². The molecule has 1 atom stereocenters. The van der Waals surface area contributed by atoms with Gasteiger partial charge in [0.05, 0.1) is 21.5 Å². The van der Waals surface area contributed by atoms with E-state index >= 15 is 0 Å². The van der Waals surface area contributed by atoms with Crippen LogP contribution in [-0.4, -0.2) is 46.9 Å². The first kappa shape index (κ1) is 18.5. The van der Waals surface area contributed by atoms with Crippen molar-refractivity contribution in [1.29, 1.82) is 0 Å². The molecule has 9 heteroatoms. The fraction of sp³-hybridized carbons (Fsp3) is 0.263. The number of fused-ring (bicyclic) bond motifs is 1. The van der Waals surface area contributed by atoms with Gasteiger partial charge in [-0.15, -0.1) is 0 Å². The van der Waals surface area contributed by atoms with Crippen molar-refractivity contribution in [3.05, 3.63) is 64.1 Å². The van der Waals surface area contributed by atoms with Crippen LogP contribution in [0.5, 0.6) is 0 Å². The van der Waals surface area contributed by atoms with Crippen LogP contribution in [0.25, 0.3) is 11.0 Å². The molecule has 146 valence electrons. The Balaban J connectivity index is 1.63. The minimum atomic E-state index is -3.73. The summed E-state index contributed by atoms with van der Waals surface area (Å²) in [5, 5.41) is 9.19. The second kappa shape index (κ2) is 6.92. The summed E-state index contributed by atoms with van der Waals surface area (Å²) in [4.78, 5) is 27.9. The fourth-order valence-corrected chi connectivity index (χ4v) is 5.23. The van der Waals surface area contributed by atoms with Crippen molar-refractivity contribution in [2.45, 2.75) is 23.7 Å². The standard InChI is InChI=1S/C19H19N3O5S/c23-18(24)13-4-1-3-12(9-13)14-5-2-8-22(11-14)28(26,27)15-6-7-16-17(10-15)21-19(25)20-16/h1,3-4,6-7,9-10,14H,2,5,8,11H2,(H,23,24)(H2,20,21,25)/t14-/m1/s1. The van der Waals surface area contributed by atoms with Gasteiger partial charge in [-0.25, -0.2) is 18.0 Å². The third kappa shape index (κ3) is 3.34. The summed E-state index contributed by atoms with van der Waals surface area (Å²) in [6.07, 6.45) is 1.48. The first-order valence-electron chi connectivity index (χ1n) is 8.90. The molecule has 1 aliphatic rings. The number of benzene rings is 2. The van der Waals surface area contributed by atoms with Crippen molar-refractivity contribution in [1.82, 2.24) is 14.3 Å². The molecule has 3 N–H and O–H groups in total. The van der Waals surface area contributed by atoms with E-state index in [-0.39, 0.29) is 28.6 Å². The highest BCUT2D eigenvalue weighted by molar-refractivity contribution is 7.89. The van der Waals surface area contributed by atoms with Gasteiger partial charge >= 0.3 is 11.7 Å². The number of aromatic amines is 2. The molecule has 0 saturated carbocycles. The number of carbonyl (C=O) groups is 1. The summed E-state index contributed by atoms with van der Waals surface area (Å²) in [6.45, 7) is 0.687. The van der Waals surface area contributed by atoms with E-state index in [1.165, 1.54) is 22.5 Å². The number of H-pyrrole nitrogens is 2. The SMILES string of the molecule is O=C(O)c1cccc([C@@H]2CCCN(S(=O)(=O)c3ccc4[nH]c(=O)[nH]c4c3)C2)c1. The van der Waals surface area contributed by atoms with Crippen molar-refractivity contribution in [2.75, 3.05) is 13.1 Å². The normalized spacial score (nSPS) is 18.4. The lowest BCUT2D eigenvalue weighted by molar-refractivity contribution is 0.0696. The number of aromatic carboxylic acids is 1. The Labute approximate surface area is 160 Å². The molecule has 1 saturated heterocycles. The van der Waals surface area contributed by atoms with Crippen LogP contribution in [0.2, 0.25) is 0 Å². The number of piperidine rings is 1. The molecule has 0 amide bonds. The maximum Gasteiger partial charge on any atom is 0.335 e. The third-order valence-electron chi connectivity index (χ3n) is 5.11. The summed E-state index contributed by atoms with van der Waals surface area (Å²) >= 11 is 0. The predicted octanol–water partition coefficient (Wildman–Crippen LogP) is 2.12. The topological polar surface area (TPSA) is 123 Å². The lowest BCUT2D eigenvalue weighted by Crippen LogP contribution is -2.39. The molecule has 0 radical (unpaired) electrons. The van der Waals surface area contributed by atoms with Crippen LogP contribution in [0.15, 0.2) is 52.2 Å². The number of hydrogen-bond donors (Lipinski definition) is 3. The van der Waals surface area contributed by atoms with Gasteiger partial charge in [-0.1, -0.05) is 12.1 Å². The average molecular weight is 401 g/mol. The van der Waals surface area contributed by atoms with E-state index in [2.05, 4.69) is 9.97 Å². The summed E-state index contributed by atoms with van der Waals surface area (Å²) in [5.74, 6) is -1.07. The number of rotatable bonds is 4. The molecule has 2 heterocycles. The summed E-state index contributed by atoms with van der Waals surface area (Å²) < 4.78 is 27.7. The number of carboxylic acid groups (broad SMARTS) is 1. The highest BCUT2D eigenvalue weighted by Gasteiger charge is 2.31. The number of carboxylic acids is 1. The zero-order valence-corrected chi connectivity index (χ0v) is 15.7. The molecule has 1 aliphatic heterocycles. The van der Waals surface area contributed by atoms with Crippen molar-refractivity contribution in [2.24, 2.45) is 0 Å². The van der Waals surface area contributed by atoms with Gasteiger partial charge in [0, 0.05) is 13.1 Å². The van der Waals surface area contributed by atoms with Crippen molar-refractivity contribution in [3.63, 3.8) is 0 Å². The molecule has 28 heavy (non-hydrogen) atoms. The number of nitrogens with zero attached hydrogens (tertiary/aromatic N) is 1. The molecule has 1 fully saturated rings. The first-order chi connectivity index (χ1) is 13.3. The van der Waals surface area contributed by atoms with Crippen molar-refractivity contribution >= 4 is 27.0 Å². The molecule has 1 aromatic heterocycles. The van der Waals surface area contributed by atoms with Gasteiger partial charge in [0.25, 0.3) is 0 Å². The van der Waals surface area contributed by atoms with E-state index < -0.39 is 16.0 Å². The number of sulfonamides is 1. The number of nitrogens with one attached hydrogen (secondary N) is 2. The quantitative estimate of drug-likeness (QED) is 0.618. The molecule has 0 bridgehead atoms. The molecular formula is C19H19N3O5S. The lowest BCUT2D eigenvalue weighted by Gasteiger charge is -2.32. The molecule has 4 rings (SSSR count). The average Bonchev–Trinajstić information content (AvgIpc) is 3.07.